The van der Waals surface area contributed by atoms with Gasteiger partial charge in [-0.3, -0.25) is 4.79 Å². The Hall–Kier alpha value is -1.94. The van der Waals surface area contributed by atoms with E-state index in [2.05, 4.69) is 4.74 Å². The van der Waals surface area contributed by atoms with Crippen molar-refractivity contribution in [3.8, 4) is 6.07 Å². The minimum Gasteiger partial charge on any atom is -0.469 e. The molecule has 0 spiro atoms. The van der Waals surface area contributed by atoms with Crippen molar-refractivity contribution in [2.75, 3.05) is 12.9 Å². The molecule has 0 fully saturated rings. The van der Waals surface area contributed by atoms with E-state index in [-0.39, 0.29) is 11.1 Å². The van der Waals surface area contributed by atoms with Gasteiger partial charge in [0.2, 0.25) is 0 Å². The second-order valence-corrected chi connectivity index (χ2v) is 6.55. The van der Waals surface area contributed by atoms with Crippen LogP contribution in [0.4, 0.5) is 4.39 Å². The zero-order chi connectivity index (χ0) is 15.3. The predicted octanol–water partition coefficient (Wildman–Crippen LogP) is 1.42. The fourth-order valence-electron chi connectivity index (χ4n) is 1.76. The molecule has 0 amide bonds. The van der Waals surface area contributed by atoms with Crippen LogP contribution in [0, 0.1) is 23.1 Å². The van der Waals surface area contributed by atoms with Crippen molar-refractivity contribution in [2.45, 2.75) is 12.7 Å². The summed E-state index contributed by atoms with van der Waals surface area (Å²) in [4.78, 5) is 11.2. The van der Waals surface area contributed by atoms with Crippen LogP contribution in [0.25, 0.3) is 0 Å². The smallest absolute Gasteiger partial charge is 0.309 e. The summed E-state index contributed by atoms with van der Waals surface area (Å²) >= 11 is 0. The van der Waals surface area contributed by atoms with Gasteiger partial charge >= 0.3 is 5.97 Å². The van der Waals surface area contributed by atoms with E-state index in [0.29, 0.717) is 0 Å². The zero-order valence-corrected chi connectivity index (χ0v) is 11.9. The van der Waals surface area contributed by atoms with Gasteiger partial charge < -0.3 is 4.74 Å². The van der Waals surface area contributed by atoms with Gasteiger partial charge in [0.05, 0.1) is 36.2 Å². The molecule has 0 radical (unpaired) electrons. The molecule has 108 valence electrons. The zero-order valence-electron chi connectivity index (χ0n) is 11.1. The number of methoxy groups -OCH3 is 1. The van der Waals surface area contributed by atoms with Gasteiger partial charge in [-0.1, -0.05) is 6.92 Å². The molecule has 0 aliphatic carbocycles. The van der Waals surface area contributed by atoms with Crippen molar-refractivity contribution in [1.82, 2.24) is 0 Å². The molecule has 7 heteroatoms. The van der Waals surface area contributed by atoms with Gasteiger partial charge in [-0.2, -0.15) is 5.26 Å². The third-order valence-corrected chi connectivity index (χ3v) is 4.36. The Morgan fingerprint density at radius 3 is 2.65 bits per heavy atom. The summed E-state index contributed by atoms with van der Waals surface area (Å²) in [5, 5.41) is 8.71. The third kappa shape index (κ3) is 4.63. The summed E-state index contributed by atoms with van der Waals surface area (Å²) in [5.74, 6) is -2.91. The quantitative estimate of drug-likeness (QED) is 0.768. The highest BCUT2D eigenvalue weighted by molar-refractivity contribution is 7.90. The first-order valence-electron chi connectivity index (χ1n) is 5.75. The molecule has 20 heavy (non-hydrogen) atoms. The lowest BCUT2D eigenvalue weighted by atomic mass is 10.1. The Morgan fingerprint density at radius 1 is 1.45 bits per heavy atom. The van der Waals surface area contributed by atoms with E-state index in [9.17, 15) is 17.6 Å². The number of rotatable bonds is 5. The van der Waals surface area contributed by atoms with Gasteiger partial charge in [0.25, 0.3) is 0 Å². The first kappa shape index (κ1) is 16.1. The molecule has 1 unspecified atom stereocenters. The highest BCUT2D eigenvalue weighted by atomic mass is 32.2. The molecule has 0 saturated carbocycles. The predicted molar refractivity (Wildman–Crippen MR) is 69.8 cm³/mol. The second-order valence-electron chi connectivity index (χ2n) is 4.44. The number of carbonyl (C=O) groups is 1. The van der Waals surface area contributed by atoms with E-state index in [0.717, 1.165) is 12.1 Å². The lowest BCUT2D eigenvalue weighted by Crippen LogP contribution is -2.23. The van der Waals surface area contributed by atoms with Crippen molar-refractivity contribution in [3.05, 3.63) is 35.1 Å². The summed E-state index contributed by atoms with van der Waals surface area (Å²) in [6, 6.07) is 5.14. The van der Waals surface area contributed by atoms with E-state index in [1.54, 1.807) is 6.07 Å². The van der Waals surface area contributed by atoms with Crippen LogP contribution in [0.3, 0.4) is 0 Å². The average molecular weight is 299 g/mol. The largest absolute Gasteiger partial charge is 0.469 e. The third-order valence-electron chi connectivity index (χ3n) is 2.58. The molecule has 1 rings (SSSR count). The number of esters is 1. The van der Waals surface area contributed by atoms with E-state index in [1.807, 2.05) is 0 Å². The van der Waals surface area contributed by atoms with Crippen molar-refractivity contribution in [3.63, 3.8) is 0 Å². The lowest BCUT2D eigenvalue weighted by Gasteiger charge is -2.10. The number of sulfone groups is 1. The van der Waals surface area contributed by atoms with Gasteiger partial charge in [-0.15, -0.1) is 0 Å². The molecule has 0 aliphatic rings. The number of hydrogen-bond donors (Lipinski definition) is 0. The monoisotopic (exact) mass is 299 g/mol. The van der Waals surface area contributed by atoms with Gasteiger partial charge in [0.1, 0.15) is 5.82 Å². The molecule has 0 N–H and O–H groups in total. The Morgan fingerprint density at radius 2 is 2.10 bits per heavy atom. The maximum absolute atomic E-state index is 13.2. The summed E-state index contributed by atoms with van der Waals surface area (Å²) in [5.41, 5.74) is 0.231. The molecule has 1 aromatic rings. The molecular weight excluding hydrogens is 285 g/mol. The van der Waals surface area contributed by atoms with Gasteiger partial charge in [0, 0.05) is 0 Å². The highest BCUT2D eigenvalue weighted by Gasteiger charge is 2.22. The number of nitrogens with zero attached hydrogens (tertiary/aromatic N) is 1. The number of hydrogen-bond acceptors (Lipinski definition) is 5. The van der Waals surface area contributed by atoms with Gasteiger partial charge in [-0.25, -0.2) is 12.8 Å². The number of carbonyl (C=O) groups excluding carboxylic acids is 1. The summed E-state index contributed by atoms with van der Waals surface area (Å²) in [6.45, 7) is 1.44. The van der Waals surface area contributed by atoms with Gasteiger partial charge in [0.15, 0.2) is 9.84 Å². The van der Waals surface area contributed by atoms with Crippen LogP contribution in [0.5, 0.6) is 0 Å². The normalized spacial score (nSPS) is 12.5. The van der Waals surface area contributed by atoms with E-state index in [4.69, 9.17) is 5.26 Å². The molecule has 0 aliphatic heterocycles. The van der Waals surface area contributed by atoms with Crippen LogP contribution in [0.15, 0.2) is 18.2 Å². The Labute approximate surface area is 116 Å². The fourth-order valence-corrected chi connectivity index (χ4v) is 3.45. The number of benzene rings is 1. The molecule has 1 aromatic carbocycles. The lowest BCUT2D eigenvalue weighted by molar-refractivity contribution is -0.144. The van der Waals surface area contributed by atoms with Crippen LogP contribution in [0.1, 0.15) is 18.1 Å². The van der Waals surface area contributed by atoms with Crippen molar-refractivity contribution >= 4 is 15.8 Å². The second kappa shape index (κ2) is 6.48. The molecule has 1 atom stereocenters. The first-order valence-corrected chi connectivity index (χ1v) is 7.57. The van der Waals surface area contributed by atoms with Crippen molar-refractivity contribution in [2.24, 2.45) is 5.92 Å². The molecule has 0 bridgehead atoms. The topological polar surface area (TPSA) is 84.2 Å². The van der Waals surface area contributed by atoms with Crippen LogP contribution >= 0.6 is 0 Å². The van der Waals surface area contributed by atoms with E-state index >= 15 is 0 Å². The average Bonchev–Trinajstić information content (AvgIpc) is 2.35. The Bertz CT molecular complexity index is 649. The minimum atomic E-state index is -3.61. The molecule has 5 nitrogen and oxygen atoms in total. The van der Waals surface area contributed by atoms with Crippen molar-refractivity contribution in [1.29, 1.82) is 5.26 Å². The molecular formula is C13H14FNO4S. The first-order chi connectivity index (χ1) is 9.27. The van der Waals surface area contributed by atoms with E-state index < -0.39 is 39.0 Å². The van der Waals surface area contributed by atoms with Crippen LogP contribution in [-0.4, -0.2) is 27.2 Å². The fraction of sp³-hybridized carbons (Fsp3) is 0.385. The summed E-state index contributed by atoms with van der Waals surface area (Å²) in [7, 11) is -2.43. The minimum absolute atomic E-state index is 0.0521. The maximum Gasteiger partial charge on any atom is 0.309 e. The molecule has 0 aromatic heterocycles. The van der Waals surface area contributed by atoms with E-state index in [1.165, 1.54) is 20.1 Å². The van der Waals surface area contributed by atoms with Crippen LogP contribution in [0.2, 0.25) is 0 Å². The standard InChI is InChI=1S/C13H14FNO4S/c1-9(13(16)19-2)7-20(17,18)8-11-3-10(6-15)4-12(14)5-11/h3-5,9H,7-8H2,1-2H3. The number of ether oxygens (including phenoxy) is 1. The maximum atomic E-state index is 13.2. The van der Waals surface area contributed by atoms with Crippen LogP contribution < -0.4 is 0 Å². The summed E-state index contributed by atoms with van der Waals surface area (Å²) < 4.78 is 41.5. The Balaban J connectivity index is 2.89. The SMILES string of the molecule is COC(=O)C(C)CS(=O)(=O)Cc1cc(F)cc(C#N)c1. The molecule has 0 saturated heterocycles. The number of nitriles is 1. The molecule has 0 heterocycles. The number of halogens is 1. The van der Waals surface area contributed by atoms with Crippen molar-refractivity contribution < 1.29 is 22.3 Å². The van der Waals surface area contributed by atoms with Gasteiger partial charge in [-0.05, 0) is 23.8 Å². The Kier molecular flexibility index (Phi) is 5.22. The van der Waals surface area contributed by atoms with Crippen LogP contribution in [-0.2, 0) is 25.1 Å². The summed E-state index contributed by atoms with van der Waals surface area (Å²) in [6.07, 6.45) is 0. The highest BCUT2D eigenvalue weighted by Crippen LogP contribution is 2.14.